The summed E-state index contributed by atoms with van der Waals surface area (Å²) in [6.45, 7) is 13.7. The quantitative estimate of drug-likeness (QED) is 0.662. The lowest BCUT2D eigenvalue weighted by molar-refractivity contribution is 0.0697. The van der Waals surface area contributed by atoms with Gasteiger partial charge in [-0.1, -0.05) is 25.6 Å². The van der Waals surface area contributed by atoms with Gasteiger partial charge in [-0.25, -0.2) is 11.4 Å². The van der Waals surface area contributed by atoms with Crippen LogP contribution in [0.5, 0.6) is 0 Å². The van der Waals surface area contributed by atoms with Crippen LogP contribution in [0.2, 0.25) is 0 Å². The normalized spacial score (nSPS) is 31.1. The van der Waals surface area contributed by atoms with E-state index in [1.807, 2.05) is 13.0 Å². The van der Waals surface area contributed by atoms with Crippen LogP contribution in [0.1, 0.15) is 23.0 Å². The summed E-state index contributed by atoms with van der Waals surface area (Å²) < 4.78 is 5.97. The molecule has 0 radical (unpaired) electrons. The maximum atomic E-state index is 11.2. The van der Waals surface area contributed by atoms with E-state index in [1.165, 1.54) is 6.07 Å². The first-order valence-corrected chi connectivity index (χ1v) is 9.98. The van der Waals surface area contributed by atoms with Gasteiger partial charge in [0.25, 0.3) is 6.04 Å². The number of benzene rings is 1. The van der Waals surface area contributed by atoms with E-state index in [0.29, 0.717) is 22.7 Å². The first kappa shape index (κ1) is 20.6. The Balaban J connectivity index is 1.71. The molecule has 1 aromatic heterocycles. The highest BCUT2D eigenvalue weighted by Gasteiger charge is 2.54. The summed E-state index contributed by atoms with van der Waals surface area (Å²) in [6, 6.07) is 11.9. The number of rotatable bonds is 3. The molecule has 4 N–H and O–H groups in total. The minimum absolute atomic E-state index is 0.0539. The van der Waals surface area contributed by atoms with Crippen LogP contribution in [0.4, 0.5) is 0 Å². The lowest BCUT2D eigenvalue weighted by Crippen LogP contribution is -2.61. The van der Waals surface area contributed by atoms with E-state index >= 15 is 0 Å². The first-order valence-electron chi connectivity index (χ1n) is 9.98. The average Bonchev–Trinajstić information content (AvgIpc) is 3.31. The van der Waals surface area contributed by atoms with Crippen LogP contribution in [-0.2, 0) is 0 Å². The van der Waals surface area contributed by atoms with Crippen LogP contribution in [0.25, 0.3) is 22.2 Å². The van der Waals surface area contributed by atoms with E-state index in [0.717, 1.165) is 5.57 Å². The van der Waals surface area contributed by atoms with Crippen molar-refractivity contribution in [2.45, 2.75) is 25.2 Å². The van der Waals surface area contributed by atoms with Gasteiger partial charge in [-0.05, 0) is 41.5 Å². The zero-order valence-corrected chi connectivity index (χ0v) is 16.9. The maximum Gasteiger partial charge on any atom is 0.335 e. The van der Waals surface area contributed by atoms with Crippen molar-refractivity contribution in [3.8, 4) is 17.4 Å². The van der Waals surface area contributed by atoms with Gasteiger partial charge in [-0.3, -0.25) is 5.32 Å². The van der Waals surface area contributed by atoms with E-state index in [-0.39, 0.29) is 23.4 Å². The molecule has 1 saturated heterocycles. The van der Waals surface area contributed by atoms with E-state index < -0.39 is 24.1 Å². The number of piperidine rings is 1. The molecule has 31 heavy (non-hydrogen) atoms. The lowest BCUT2D eigenvalue weighted by Gasteiger charge is -2.37. The summed E-state index contributed by atoms with van der Waals surface area (Å²) in [6.07, 6.45) is 1.38. The van der Waals surface area contributed by atoms with E-state index in [4.69, 9.17) is 16.7 Å². The van der Waals surface area contributed by atoms with Gasteiger partial charge in [0, 0.05) is 23.4 Å². The number of hydrogen-bond donors (Lipinski definition) is 3. The Bertz CT molecular complexity index is 1170. The van der Waals surface area contributed by atoms with Crippen molar-refractivity contribution in [2.75, 3.05) is 0 Å². The Morgan fingerprint density at radius 2 is 2.19 bits per heavy atom. The van der Waals surface area contributed by atoms with Gasteiger partial charge in [0.1, 0.15) is 17.7 Å². The zero-order chi connectivity index (χ0) is 22.3. The molecule has 1 aromatic carbocycles. The van der Waals surface area contributed by atoms with Crippen molar-refractivity contribution >= 4 is 12.0 Å². The molecule has 2 heterocycles. The summed E-state index contributed by atoms with van der Waals surface area (Å²) in [5.74, 6) is -0.453. The van der Waals surface area contributed by atoms with Gasteiger partial charge >= 0.3 is 5.97 Å². The predicted octanol–water partition coefficient (Wildman–Crippen LogP) is 3.53. The number of nitrogens with two attached hydrogens (primary N) is 1. The minimum atomic E-state index is -1.00. The van der Waals surface area contributed by atoms with Gasteiger partial charge in [-0.2, -0.15) is 5.26 Å². The van der Waals surface area contributed by atoms with Gasteiger partial charge in [0.2, 0.25) is 0 Å². The second-order valence-corrected chi connectivity index (χ2v) is 8.04. The smallest absolute Gasteiger partial charge is 0.335 e. The summed E-state index contributed by atoms with van der Waals surface area (Å²) in [5, 5.41) is 22.2. The van der Waals surface area contributed by atoms with E-state index in [2.05, 4.69) is 22.8 Å². The number of hydrogen-bond acceptors (Lipinski definition) is 5. The topological polar surface area (TPSA) is 117 Å². The number of nitrogens with zero attached hydrogens (tertiary/aromatic N) is 2. The molecule has 0 amide bonds. The van der Waals surface area contributed by atoms with Crippen LogP contribution in [-0.4, -0.2) is 29.3 Å². The summed E-state index contributed by atoms with van der Waals surface area (Å²) in [5.41, 5.74) is 8.59. The number of aromatic carboxylic acids is 1. The Hall–Kier alpha value is -3.65. The zero-order valence-electron chi connectivity index (χ0n) is 16.9. The highest BCUT2D eigenvalue weighted by atomic mass is 16.4. The molecule has 2 fully saturated rings. The Morgan fingerprint density at radius 1 is 1.42 bits per heavy atom. The fourth-order valence-electron chi connectivity index (χ4n) is 4.77. The third kappa shape index (κ3) is 3.44. The van der Waals surface area contributed by atoms with Crippen LogP contribution < -0.4 is 11.1 Å². The Morgan fingerprint density at radius 3 is 2.87 bits per heavy atom. The number of carboxylic acid groups (broad SMARTS) is 1. The number of furan rings is 1. The van der Waals surface area contributed by atoms with Gasteiger partial charge in [-0.15, -0.1) is 0 Å². The number of carboxylic acids is 1. The SMILES string of the molecule is [C-]#[N+]C1C(N)NC2C(C#N)C(=C)C(=Cc3ccc(-c4cccc(C(=O)O)c4)o3)C2C1C. The molecule has 1 saturated carbocycles. The molecule has 0 spiro atoms. The van der Waals surface area contributed by atoms with Crippen molar-refractivity contribution in [3.05, 3.63) is 76.9 Å². The number of fused-ring (bicyclic) bond motifs is 1. The predicted molar refractivity (Wildman–Crippen MR) is 115 cm³/mol. The van der Waals surface area contributed by atoms with Crippen molar-refractivity contribution in [1.82, 2.24) is 5.32 Å². The highest BCUT2D eigenvalue weighted by Crippen LogP contribution is 2.48. The van der Waals surface area contributed by atoms with Gasteiger partial charge < -0.3 is 20.1 Å². The van der Waals surface area contributed by atoms with Crippen molar-refractivity contribution in [2.24, 2.45) is 23.5 Å². The lowest BCUT2D eigenvalue weighted by atomic mass is 9.76. The molecular formula is C24H22N4O3. The van der Waals surface area contributed by atoms with E-state index in [1.54, 1.807) is 30.3 Å². The monoisotopic (exact) mass is 414 g/mol. The Labute approximate surface area is 180 Å². The minimum Gasteiger partial charge on any atom is -0.478 e. The highest BCUT2D eigenvalue weighted by molar-refractivity contribution is 5.89. The fraction of sp³-hybridized carbons (Fsp3) is 0.292. The standard InChI is InChI=1S/C24H22N4O3/c1-12-17(20-13(2)21(27-3)23(26)28-22(20)18(12)11-25)10-16-7-8-19(31-16)14-5-4-6-15(9-14)24(29)30/h4-10,13,18,20-23,28H,1,26H2,2H3,(H,29,30). The van der Waals surface area contributed by atoms with Crippen molar-refractivity contribution in [3.63, 3.8) is 0 Å². The first-order chi connectivity index (χ1) is 14.8. The molecule has 7 heteroatoms. The molecule has 1 aliphatic carbocycles. The van der Waals surface area contributed by atoms with Crippen LogP contribution >= 0.6 is 0 Å². The average molecular weight is 414 g/mol. The largest absolute Gasteiger partial charge is 0.478 e. The van der Waals surface area contributed by atoms with E-state index in [9.17, 15) is 15.2 Å². The van der Waals surface area contributed by atoms with Crippen molar-refractivity contribution in [1.29, 1.82) is 5.26 Å². The molecule has 2 aliphatic rings. The molecule has 4 rings (SSSR count). The molecule has 6 unspecified atom stereocenters. The van der Waals surface area contributed by atoms with Crippen LogP contribution in [0.15, 0.2) is 58.5 Å². The fourth-order valence-corrected chi connectivity index (χ4v) is 4.77. The van der Waals surface area contributed by atoms with Crippen LogP contribution in [0.3, 0.4) is 0 Å². The maximum absolute atomic E-state index is 11.2. The molecule has 7 nitrogen and oxygen atoms in total. The Kier molecular flexibility index (Phi) is 5.24. The second kappa shape index (κ2) is 7.88. The summed E-state index contributed by atoms with van der Waals surface area (Å²) >= 11 is 0. The number of carbonyl (C=O) groups is 1. The van der Waals surface area contributed by atoms with Crippen LogP contribution in [0, 0.1) is 35.7 Å². The summed E-state index contributed by atoms with van der Waals surface area (Å²) in [4.78, 5) is 14.9. The molecule has 2 aromatic rings. The molecule has 0 bridgehead atoms. The molecule has 1 aliphatic heterocycles. The third-order valence-corrected chi connectivity index (χ3v) is 6.32. The van der Waals surface area contributed by atoms with Gasteiger partial charge in [0.05, 0.1) is 17.6 Å². The number of nitrogens with one attached hydrogen (secondary N) is 1. The molecule has 6 atom stereocenters. The molecule has 156 valence electrons. The second-order valence-electron chi connectivity index (χ2n) is 8.04. The third-order valence-electron chi connectivity index (χ3n) is 6.32. The van der Waals surface area contributed by atoms with Gasteiger partial charge in [0.15, 0.2) is 0 Å². The number of nitriles is 1. The summed E-state index contributed by atoms with van der Waals surface area (Å²) in [7, 11) is 0. The van der Waals surface area contributed by atoms with Crippen molar-refractivity contribution < 1.29 is 14.3 Å². The molecular weight excluding hydrogens is 392 g/mol.